The fourth-order valence-electron chi connectivity index (χ4n) is 3.98. The van der Waals surface area contributed by atoms with Crippen molar-refractivity contribution in [2.24, 2.45) is 11.8 Å². The first-order valence-electron chi connectivity index (χ1n) is 9.71. The number of carbonyl (C=O) groups is 1. The zero-order valence-electron chi connectivity index (χ0n) is 15.9. The summed E-state index contributed by atoms with van der Waals surface area (Å²) >= 11 is 6.17. The van der Waals surface area contributed by atoms with Crippen molar-refractivity contribution in [3.63, 3.8) is 0 Å². The van der Waals surface area contributed by atoms with Crippen LogP contribution in [0, 0.1) is 11.8 Å². The summed E-state index contributed by atoms with van der Waals surface area (Å²) in [5, 5.41) is 10.1. The zero-order valence-corrected chi connectivity index (χ0v) is 16.7. The molecule has 2 unspecified atom stereocenters. The Morgan fingerprint density at radius 2 is 2.04 bits per heavy atom. The van der Waals surface area contributed by atoms with E-state index in [1.165, 1.54) is 12.6 Å². The third kappa shape index (κ3) is 4.07. The highest BCUT2D eigenvalue weighted by Gasteiger charge is 2.45. The maximum atomic E-state index is 11.5. The van der Waals surface area contributed by atoms with Crippen LogP contribution >= 0.6 is 11.6 Å². The number of aryl methyl sites for hydroxylation is 2. The largest absolute Gasteiger partial charge is 0.495 e. The van der Waals surface area contributed by atoms with E-state index in [0.29, 0.717) is 28.8 Å². The number of piperidine rings is 1. The van der Waals surface area contributed by atoms with Crippen LogP contribution in [0.2, 0.25) is 5.02 Å². The average molecular weight is 402 g/mol. The first kappa shape index (κ1) is 19.0. The summed E-state index contributed by atoms with van der Waals surface area (Å²) in [6.45, 7) is 1.99. The minimum Gasteiger partial charge on any atom is -0.495 e. The van der Waals surface area contributed by atoms with Crippen LogP contribution in [-0.4, -0.2) is 41.2 Å². The third-order valence-electron chi connectivity index (χ3n) is 5.69. The van der Waals surface area contributed by atoms with Gasteiger partial charge in [0.2, 0.25) is 5.95 Å². The van der Waals surface area contributed by atoms with Gasteiger partial charge in [-0.1, -0.05) is 17.7 Å². The maximum Gasteiger partial charge on any atom is 0.339 e. The van der Waals surface area contributed by atoms with Gasteiger partial charge in [-0.25, -0.2) is 14.8 Å². The Balaban J connectivity index is 1.37. The van der Waals surface area contributed by atoms with Gasteiger partial charge in [0, 0.05) is 19.3 Å². The smallest absolute Gasteiger partial charge is 0.339 e. The first-order chi connectivity index (χ1) is 13.5. The van der Waals surface area contributed by atoms with Gasteiger partial charge in [-0.15, -0.1) is 0 Å². The topological polar surface area (TPSA) is 75.5 Å². The molecule has 1 aliphatic carbocycles. The van der Waals surface area contributed by atoms with Crippen LogP contribution in [0.4, 0.5) is 5.95 Å². The summed E-state index contributed by atoms with van der Waals surface area (Å²) in [5.74, 6) is 1.94. The average Bonchev–Trinajstić information content (AvgIpc) is 3.30. The molecule has 1 saturated carbocycles. The Kier molecular flexibility index (Phi) is 5.40. The monoisotopic (exact) mass is 401 g/mol. The summed E-state index contributed by atoms with van der Waals surface area (Å²) in [7, 11) is 1.60. The van der Waals surface area contributed by atoms with Crippen LogP contribution in [0.1, 0.15) is 40.9 Å². The Hall–Kier alpha value is -2.34. The number of halogens is 1. The van der Waals surface area contributed by atoms with Gasteiger partial charge in [0.05, 0.1) is 23.4 Å². The van der Waals surface area contributed by atoms with Crippen LogP contribution < -0.4 is 9.64 Å². The molecule has 1 saturated heterocycles. The molecule has 1 aromatic heterocycles. The highest BCUT2D eigenvalue weighted by Crippen LogP contribution is 2.45. The highest BCUT2D eigenvalue weighted by atomic mass is 35.5. The predicted octanol–water partition coefficient (Wildman–Crippen LogP) is 3.86. The van der Waals surface area contributed by atoms with Crippen LogP contribution in [0.5, 0.6) is 5.75 Å². The molecule has 0 bridgehead atoms. The minimum absolute atomic E-state index is 0.209. The number of carboxylic acids is 1. The number of ether oxygens (including phenoxy) is 1. The van der Waals surface area contributed by atoms with Crippen LogP contribution in [-0.2, 0) is 12.8 Å². The summed E-state index contributed by atoms with van der Waals surface area (Å²) in [4.78, 5) is 22.6. The molecule has 1 aliphatic heterocycles. The lowest BCUT2D eigenvalue weighted by molar-refractivity contribution is 0.0694. The summed E-state index contributed by atoms with van der Waals surface area (Å²) in [6, 6.07) is 5.80. The number of anilines is 1. The van der Waals surface area contributed by atoms with E-state index in [4.69, 9.17) is 16.3 Å². The lowest BCUT2D eigenvalue weighted by Gasteiger charge is -2.18. The van der Waals surface area contributed by atoms with Gasteiger partial charge >= 0.3 is 5.97 Å². The number of carboxylic acid groups (broad SMARTS) is 1. The highest BCUT2D eigenvalue weighted by molar-refractivity contribution is 6.32. The lowest BCUT2D eigenvalue weighted by Crippen LogP contribution is -2.25. The number of hydrogen-bond donors (Lipinski definition) is 1. The SMILES string of the molecule is COc1ccc(CCCCc2nc(N3CC4CC4C3)ncc2C(=O)O)cc1Cl. The molecule has 2 heterocycles. The number of rotatable bonds is 8. The van der Waals surface area contributed by atoms with E-state index in [0.717, 1.165) is 49.8 Å². The number of methoxy groups -OCH3 is 1. The van der Waals surface area contributed by atoms with Crippen molar-refractivity contribution in [1.82, 2.24) is 9.97 Å². The van der Waals surface area contributed by atoms with Gasteiger partial charge in [-0.3, -0.25) is 0 Å². The van der Waals surface area contributed by atoms with Gasteiger partial charge in [0.15, 0.2) is 0 Å². The van der Waals surface area contributed by atoms with E-state index in [1.807, 2.05) is 18.2 Å². The normalized spacial score (nSPS) is 20.1. The molecule has 0 spiro atoms. The molecule has 148 valence electrons. The molecule has 1 aromatic carbocycles. The second-order valence-electron chi connectivity index (χ2n) is 7.67. The van der Waals surface area contributed by atoms with Gasteiger partial charge in [-0.2, -0.15) is 0 Å². The molecule has 6 nitrogen and oxygen atoms in total. The molecular weight excluding hydrogens is 378 g/mol. The van der Waals surface area contributed by atoms with E-state index >= 15 is 0 Å². The standard InChI is InChI=1S/C21H24ClN3O3/c1-28-19-7-6-13(8-17(19)22)4-2-3-5-18-16(20(26)27)10-23-21(24-18)25-11-14-9-15(14)12-25/h6-8,10,14-15H,2-5,9,11-12H2,1H3,(H,26,27). The number of benzene rings is 1. The molecule has 2 atom stereocenters. The number of unbranched alkanes of at least 4 members (excludes halogenated alkanes) is 1. The number of nitrogens with zero attached hydrogens (tertiary/aromatic N) is 3. The summed E-state index contributed by atoms with van der Waals surface area (Å²) in [6.07, 6.45) is 6.06. The molecule has 2 fully saturated rings. The molecule has 28 heavy (non-hydrogen) atoms. The second-order valence-corrected chi connectivity index (χ2v) is 8.08. The van der Waals surface area contributed by atoms with Crippen LogP contribution in [0.25, 0.3) is 0 Å². The van der Waals surface area contributed by atoms with E-state index < -0.39 is 5.97 Å². The van der Waals surface area contributed by atoms with E-state index in [9.17, 15) is 9.90 Å². The van der Waals surface area contributed by atoms with Crippen molar-refractivity contribution >= 4 is 23.5 Å². The molecule has 1 N–H and O–H groups in total. The van der Waals surface area contributed by atoms with Crippen molar-refractivity contribution in [3.8, 4) is 5.75 Å². The molecule has 7 heteroatoms. The fraction of sp³-hybridized carbons (Fsp3) is 0.476. The van der Waals surface area contributed by atoms with Crippen molar-refractivity contribution in [1.29, 1.82) is 0 Å². The van der Waals surface area contributed by atoms with Crippen LogP contribution in [0.15, 0.2) is 24.4 Å². The second kappa shape index (κ2) is 7.95. The predicted molar refractivity (Wildman–Crippen MR) is 107 cm³/mol. The fourth-order valence-corrected chi connectivity index (χ4v) is 4.26. The quantitative estimate of drug-likeness (QED) is 0.677. The molecule has 0 radical (unpaired) electrons. The molecule has 0 amide bonds. The first-order valence-corrected chi connectivity index (χ1v) is 10.1. The summed E-state index contributed by atoms with van der Waals surface area (Å²) in [5.41, 5.74) is 1.98. The third-order valence-corrected chi connectivity index (χ3v) is 5.99. The van der Waals surface area contributed by atoms with Crippen molar-refractivity contribution in [2.75, 3.05) is 25.1 Å². The zero-order chi connectivity index (χ0) is 19.7. The molecule has 4 rings (SSSR count). The number of aromatic carboxylic acids is 1. The van der Waals surface area contributed by atoms with Crippen molar-refractivity contribution < 1.29 is 14.6 Å². The minimum atomic E-state index is -0.965. The van der Waals surface area contributed by atoms with E-state index in [-0.39, 0.29) is 5.56 Å². The Labute approximate surface area is 169 Å². The van der Waals surface area contributed by atoms with Crippen molar-refractivity contribution in [2.45, 2.75) is 32.1 Å². The molecule has 2 aliphatic rings. The Bertz CT molecular complexity index is 879. The molecule has 2 aromatic rings. The number of fused-ring (bicyclic) bond motifs is 1. The van der Waals surface area contributed by atoms with E-state index in [1.54, 1.807) is 7.11 Å². The van der Waals surface area contributed by atoms with Gasteiger partial charge < -0.3 is 14.7 Å². The molecular formula is C21H24ClN3O3. The van der Waals surface area contributed by atoms with E-state index in [2.05, 4.69) is 14.9 Å². The van der Waals surface area contributed by atoms with Crippen molar-refractivity contribution in [3.05, 3.63) is 46.2 Å². The number of aromatic nitrogens is 2. The van der Waals surface area contributed by atoms with Gasteiger partial charge in [-0.05, 0) is 61.6 Å². The number of hydrogen-bond acceptors (Lipinski definition) is 5. The van der Waals surface area contributed by atoms with Crippen LogP contribution in [0.3, 0.4) is 0 Å². The summed E-state index contributed by atoms with van der Waals surface area (Å²) < 4.78 is 5.18. The maximum absolute atomic E-state index is 11.5. The van der Waals surface area contributed by atoms with Gasteiger partial charge in [0.1, 0.15) is 5.75 Å². The van der Waals surface area contributed by atoms with Gasteiger partial charge in [0.25, 0.3) is 0 Å². The Morgan fingerprint density at radius 1 is 1.29 bits per heavy atom. The Morgan fingerprint density at radius 3 is 2.71 bits per heavy atom. The lowest BCUT2D eigenvalue weighted by atomic mass is 10.0.